The molecular weight excluding hydrogens is 248 g/mol. The Morgan fingerprint density at radius 1 is 1.16 bits per heavy atom. The van der Waals surface area contributed by atoms with E-state index in [2.05, 4.69) is 0 Å². The molecule has 0 spiro atoms. The summed E-state index contributed by atoms with van der Waals surface area (Å²) in [4.78, 5) is 21.3. The SMILES string of the molecule is Nc1ccc(-c2cc([N+](=O)[O-])ccc2C(=O)O)cc1. The van der Waals surface area contributed by atoms with Crippen molar-refractivity contribution in [3.8, 4) is 11.1 Å². The first-order chi connectivity index (χ1) is 8.99. The zero-order valence-electron chi connectivity index (χ0n) is 9.74. The van der Waals surface area contributed by atoms with Gasteiger partial charge in [0.1, 0.15) is 0 Å². The van der Waals surface area contributed by atoms with Crippen LogP contribution >= 0.6 is 0 Å². The second-order valence-electron chi connectivity index (χ2n) is 3.91. The number of carbonyl (C=O) groups is 1. The number of carboxylic acid groups (broad SMARTS) is 1. The highest BCUT2D eigenvalue weighted by Gasteiger charge is 2.16. The fraction of sp³-hybridized carbons (Fsp3) is 0. The van der Waals surface area contributed by atoms with Gasteiger partial charge in [0.15, 0.2) is 0 Å². The van der Waals surface area contributed by atoms with Gasteiger partial charge in [-0.25, -0.2) is 4.79 Å². The molecule has 2 aromatic rings. The van der Waals surface area contributed by atoms with Crippen LogP contribution in [0.1, 0.15) is 10.4 Å². The number of hydrogen-bond donors (Lipinski definition) is 2. The van der Waals surface area contributed by atoms with Crippen LogP contribution in [-0.4, -0.2) is 16.0 Å². The average molecular weight is 258 g/mol. The monoisotopic (exact) mass is 258 g/mol. The molecule has 0 unspecified atom stereocenters. The molecule has 3 N–H and O–H groups in total. The van der Waals surface area contributed by atoms with Gasteiger partial charge in [-0.2, -0.15) is 0 Å². The summed E-state index contributed by atoms with van der Waals surface area (Å²) in [5.41, 5.74) is 6.80. The number of rotatable bonds is 3. The molecule has 0 heterocycles. The average Bonchev–Trinajstić information content (AvgIpc) is 2.38. The lowest BCUT2D eigenvalue weighted by Gasteiger charge is -2.06. The van der Waals surface area contributed by atoms with Crippen LogP contribution in [0, 0.1) is 10.1 Å². The molecule has 0 aromatic heterocycles. The minimum atomic E-state index is -1.14. The number of nitrogens with zero attached hydrogens (tertiary/aromatic N) is 1. The van der Waals surface area contributed by atoms with Crippen LogP contribution in [0.3, 0.4) is 0 Å². The molecule has 0 amide bonds. The lowest BCUT2D eigenvalue weighted by Crippen LogP contribution is -2.01. The number of nitro groups is 1. The van der Waals surface area contributed by atoms with E-state index in [1.807, 2.05) is 0 Å². The number of nitrogens with two attached hydrogens (primary N) is 1. The van der Waals surface area contributed by atoms with Gasteiger partial charge in [0, 0.05) is 23.4 Å². The van der Waals surface area contributed by atoms with E-state index in [-0.39, 0.29) is 11.3 Å². The molecule has 6 nitrogen and oxygen atoms in total. The van der Waals surface area contributed by atoms with Gasteiger partial charge in [-0.05, 0) is 23.8 Å². The third kappa shape index (κ3) is 2.52. The second kappa shape index (κ2) is 4.77. The molecule has 96 valence electrons. The maximum Gasteiger partial charge on any atom is 0.336 e. The molecule has 2 rings (SSSR count). The highest BCUT2D eigenvalue weighted by molar-refractivity contribution is 5.96. The summed E-state index contributed by atoms with van der Waals surface area (Å²) >= 11 is 0. The second-order valence-corrected chi connectivity index (χ2v) is 3.91. The first-order valence-electron chi connectivity index (χ1n) is 5.36. The maximum atomic E-state index is 11.1. The Labute approximate surface area is 108 Å². The van der Waals surface area contributed by atoms with Gasteiger partial charge in [-0.3, -0.25) is 10.1 Å². The summed E-state index contributed by atoms with van der Waals surface area (Å²) in [6.45, 7) is 0. The van der Waals surface area contributed by atoms with Crippen molar-refractivity contribution >= 4 is 17.3 Å². The Morgan fingerprint density at radius 3 is 2.32 bits per heavy atom. The van der Waals surface area contributed by atoms with E-state index in [9.17, 15) is 14.9 Å². The van der Waals surface area contributed by atoms with E-state index in [0.717, 1.165) is 0 Å². The van der Waals surface area contributed by atoms with Gasteiger partial charge in [0.2, 0.25) is 0 Å². The Bertz CT molecular complexity index is 650. The molecule has 0 bridgehead atoms. The van der Waals surface area contributed by atoms with Gasteiger partial charge in [0.25, 0.3) is 5.69 Å². The highest BCUT2D eigenvalue weighted by Crippen LogP contribution is 2.28. The Kier molecular flexibility index (Phi) is 3.15. The van der Waals surface area contributed by atoms with Crippen LogP contribution in [0.4, 0.5) is 11.4 Å². The van der Waals surface area contributed by atoms with E-state index < -0.39 is 10.9 Å². The molecule has 0 aliphatic carbocycles. The minimum absolute atomic E-state index is 0.00960. The van der Waals surface area contributed by atoms with Crippen molar-refractivity contribution in [2.75, 3.05) is 5.73 Å². The van der Waals surface area contributed by atoms with E-state index in [4.69, 9.17) is 10.8 Å². The third-order valence-corrected chi connectivity index (χ3v) is 2.67. The predicted molar refractivity (Wildman–Crippen MR) is 69.9 cm³/mol. The molecule has 0 aliphatic rings. The molecule has 0 saturated heterocycles. The Morgan fingerprint density at radius 2 is 1.79 bits per heavy atom. The molecule has 2 aromatic carbocycles. The summed E-state index contributed by atoms with van der Waals surface area (Å²) in [5.74, 6) is -1.14. The summed E-state index contributed by atoms with van der Waals surface area (Å²) in [7, 11) is 0. The van der Waals surface area contributed by atoms with Gasteiger partial charge in [-0.1, -0.05) is 12.1 Å². The largest absolute Gasteiger partial charge is 0.478 e. The number of hydrogen-bond acceptors (Lipinski definition) is 4. The van der Waals surface area contributed by atoms with Crippen LogP contribution in [0.25, 0.3) is 11.1 Å². The van der Waals surface area contributed by atoms with Crippen molar-refractivity contribution in [1.29, 1.82) is 0 Å². The van der Waals surface area contributed by atoms with Crippen LogP contribution in [0.5, 0.6) is 0 Å². The fourth-order valence-electron chi connectivity index (χ4n) is 1.73. The molecule has 0 radical (unpaired) electrons. The van der Waals surface area contributed by atoms with Crippen LogP contribution in [0.15, 0.2) is 42.5 Å². The first-order valence-corrected chi connectivity index (χ1v) is 5.36. The summed E-state index contributed by atoms with van der Waals surface area (Å²) in [5, 5.41) is 19.9. The lowest BCUT2D eigenvalue weighted by atomic mass is 9.99. The lowest BCUT2D eigenvalue weighted by molar-refractivity contribution is -0.384. The summed E-state index contributed by atoms with van der Waals surface area (Å²) in [6, 6.07) is 10.1. The molecule has 0 fully saturated rings. The summed E-state index contributed by atoms with van der Waals surface area (Å²) < 4.78 is 0. The van der Waals surface area contributed by atoms with Crippen molar-refractivity contribution < 1.29 is 14.8 Å². The smallest absolute Gasteiger partial charge is 0.336 e. The molecular formula is C13H10N2O4. The quantitative estimate of drug-likeness (QED) is 0.499. The van der Waals surface area contributed by atoms with Gasteiger partial charge < -0.3 is 10.8 Å². The van der Waals surface area contributed by atoms with Crippen molar-refractivity contribution in [3.63, 3.8) is 0 Å². The van der Waals surface area contributed by atoms with Crippen LogP contribution < -0.4 is 5.73 Å². The van der Waals surface area contributed by atoms with Gasteiger partial charge in [0.05, 0.1) is 10.5 Å². The minimum Gasteiger partial charge on any atom is -0.478 e. The van der Waals surface area contributed by atoms with Crippen molar-refractivity contribution in [2.24, 2.45) is 0 Å². The number of benzene rings is 2. The number of carboxylic acids is 1. The normalized spacial score (nSPS) is 10.1. The number of nitro benzene ring substituents is 1. The third-order valence-electron chi connectivity index (χ3n) is 2.67. The fourth-order valence-corrected chi connectivity index (χ4v) is 1.73. The zero-order valence-corrected chi connectivity index (χ0v) is 9.74. The van der Waals surface area contributed by atoms with Crippen molar-refractivity contribution in [1.82, 2.24) is 0 Å². The maximum absolute atomic E-state index is 11.1. The number of anilines is 1. The van der Waals surface area contributed by atoms with E-state index in [1.54, 1.807) is 24.3 Å². The van der Waals surface area contributed by atoms with Gasteiger partial charge >= 0.3 is 5.97 Å². The standard InChI is InChI=1S/C13H10N2O4/c14-9-3-1-8(2-4-9)12-7-10(15(18)19)5-6-11(12)13(16)17/h1-7H,14H2,(H,16,17). The molecule has 0 saturated carbocycles. The highest BCUT2D eigenvalue weighted by atomic mass is 16.6. The van der Waals surface area contributed by atoms with E-state index in [1.165, 1.54) is 18.2 Å². The zero-order chi connectivity index (χ0) is 14.0. The number of nitrogen functional groups attached to an aromatic ring is 1. The predicted octanol–water partition coefficient (Wildman–Crippen LogP) is 2.54. The molecule has 0 aliphatic heterocycles. The van der Waals surface area contributed by atoms with E-state index in [0.29, 0.717) is 16.8 Å². The topological polar surface area (TPSA) is 106 Å². The number of non-ortho nitro benzene ring substituents is 1. The van der Waals surface area contributed by atoms with Crippen LogP contribution in [0.2, 0.25) is 0 Å². The Hall–Kier alpha value is -2.89. The van der Waals surface area contributed by atoms with Crippen molar-refractivity contribution in [3.05, 3.63) is 58.1 Å². The summed E-state index contributed by atoms with van der Waals surface area (Å²) in [6.07, 6.45) is 0. The van der Waals surface area contributed by atoms with Crippen LogP contribution in [-0.2, 0) is 0 Å². The first kappa shape index (κ1) is 12.6. The van der Waals surface area contributed by atoms with E-state index >= 15 is 0 Å². The van der Waals surface area contributed by atoms with Gasteiger partial charge in [-0.15, -0.1) is 0 Å². The number of aromatic carboxylic acids is 1. The molecule has 6 heteroatoms. The molecule has 0 atom stereocenters. The Balaban J connectivity index is 2.64. The van der Waals surface area contributed by atoms with Crippen molar-refractivity contribution in [2.45, 2.75) is 0 Å². The molecule has 19 heavy (non-hydrogen) atoms.